The fourth-order valence-electron chi connectivity index (χ4n) is 3.87. The normalized spacial score (nSPS) is 21.2. The average molecular weight is 311 g/mol. The van der Waals surface area contributed by atoms with E-state index in [1.54, 1.807) is 11.8 Å². The van der Waals surface area contributed by atoms with Crippen molar-refractivity contribution in [3.05, 3.63) is 59.7 Å². The molecule has 1 saturated heterocycles. The van der Waals surface area contributed by atoms with Crippen LogP contribution in [-0.2, 0) is 5.60 Å². The number of benzene rings is 2. The third-order valence-electron chi connectivity index (χ3n) is 5.12. The molecule has 0 saturated carbocycles. The molecule has 0 bridgehead atoms. The van der Waals surface area contributed by atoms with E-state index in [0.717, 1.165) is 37.1 Å². The van der Waals surface area contributed by atoms with Crippen LogP contribution in [0.25, 0.3) is 0 Å². The van der Waals surface area contributed by atoms with E-state index >= 15 is 0 Å². The van der Waals surface area contributed by atoms with E-state index in [1.165, 1.54) is 9.79 Å². The van der Waals surface area contributed by atoms with Gasteiger partial charge < -0.3 is 10.0 Å². The van der Waals surface area contributed by atoms with Gasteiger partial charge in [-0.25, -0.2) is 0 Å². The van der Waals surface area contributed by atoms with Crippen molar-refractivity contribution in [2.45, 2.75) is 28.2 Å². The highest BCUT2D eigenvalue weighted by molar-refractivity contribution is 7.99. The molecule has 2 aliphatic heterocycles. The molecule has 2 aromatic rings. The molecule has 2 heterocycles. The number of piperidine rings is 1. The minimum Gasteiger partial charge on any atom is -0.380 e. The second-order valence-corrected chi connectivity index (χ2v) is 7.52. The Balaban J connectivity index is 1.87. The predicted octanol–water partition coefficient (Wildman–Crippen LogP) is 3.73. The Kier molecular flexibility index (Phi) is 3.52. The molecule has 2 aromatic carbocycles. The predicted molar refractivity (Wildman–Crippen MR) is 90.2 cm³/mol. The van der Waals surface area contributed by atoms with Crippen molar-refractivity contribution in [2.75, 3.05) is 20.1 Å². The zero-order valence-electron chi connectivity index (χ0n) is 12.8. The highest BCUT2D eigenvalue weighted by Gasteiger charge is 2.45. The summed E-state index contributed by atoms with van der Waals surface area (Å²) in [4.78, 5) is 4.75. The first-order valence-corrected chi connectivity index (χ1v) is 8.79. The van der Waals surface area contributed by atoms with Crippen LogP contribution >= 0.6 is 11.8 Å². The minimum atomic E-state index is -0.848. The maximum Gasteiger partial charge on any atom is 0.120 e. The van der Waals surface area contributed by atoms with Gasteiger partial charge in [-0.3, -0.25) is 0 Å². The summed E-state index contributed by atoms with van der Waals surface area (Å²) in [7, 11) is 2.17. The fourth-order valence-corrected chi connectivity index (χ4v) is 5.07. The van der Waals surface area contributed by atoms with Crippen molar-refractivity contribution in [1.29, 1.82) is 0 Å². The highest BCUT2D eigenvalue weighted by atomic mass is 32.2. The molecular weight excluding hydrogens is 290 g/mol. The number of hydrogen-bond acceptors (Lipinski definition) is 3. The van der Waals surface area contributed by atoms with Gasteiger partial charge in [-0.2, -0.15) is 0 Å². The fraction of sp³-hybridized carbons (Fsp3) is 0.368. The van der Waals surface area contributed by atoms with E-state index in [2.05, 4.69) is 48.3 Å². The van der Waals surface area contributed by atoms with Gasteiger partial charge in [-0.15, -0.1) is 0 Å². The van der Waals surface area contributed by atoms with Crippen molar-refractivity contribution < 1.29 is 5.11 Å². The smallest absolute Gasteiger partial charge is 0.120 e. The second kappa shape index (κ2) is 5.41. The topological polar surface area (TPSA) is 23.5 Å². The van der Waals surface area contributed by atoms with Gasteiger partial charge in [0, 0.05) is 20.9 Å². The molecule has 0 amide bonds. The maximum atomic E-state index is 11.9. The summed E-state index contributed by atoms with van der Waals surface area (Å²) in [5.74, 6) is 0.284. The third kappa shape index (κ3) is 2.11. The maximum absolute atomic E-state index is 11.9. The van der Waals surface area contributed by atoms with Crippen LogP contribution in [0.3, 0.4) is 0 Å². The standard InChI is InChI=1S/C19H21NOS/c1-20-12-10-14(11-13-20)19(21)15-6-2-4-8-17(15)22-18-9-5-3-7-16(18)19/h2-9,14,21H,10-13H2,1H3. The molecule has 22 heavy (non-hydrogen) atoms. The van der Waals surface area contributed by atoms with E-state index in [1.807, 2.05) is 12.1 Å². The molecule has 0 atom stereocenters. The molecule has 1 fully saturated rings. The summed E-state index contributed by atoms with van der Waals surface area (Å²) in [6.45, 7) is 2.12. The molecule has 0 spiro atoms. The van der Waals surface area contributed by atoms with Crippen LogP contribution in [0.5, 0.6) is 0 Å². The van der Waals surface area contributed by atoms with Crippen LogP contribution in [0, 0.1) is 5.92 Å². The Hall–Kier alpha value is -1.29. The van der Waals surface area contributed by atoms with Gasteiger partial charge in [-0.05, 0) is 51.0 Å². The molecule has 2 aliphatic rings. The summed E-state index contributed by atoms with van der Waals surface area (Å²) in [6, 6.07) is 16.7. The lowest BCUT2D eigenvalue weighted by molar-refractivity contribution is -0.0159. The average Bonchev–Trinajstić information content (AvgIpc) is 2.56. The molecule has 4 rings (SSSR count). The van der Waals surface area contributed by atoms with Crippen molar-refractivity contribution in [2.24, 2.45) is 5.92 Å². The Morgan fingerprint density at radius 1 is 0.955 bits per heavy atom. The molecule has 0 aromatic heterocycles. The minimum absolute atomic E-state index is 0.284. The van der Waals surface area contributed by atoms with E-state index in [4.69, 9.17) is 0 Å². The first-order valence-electron chi connectivity index (χ1n) is 7.97. The van der Waals surface area contributed by atoms with E-state index in [9.17, 15) is 5.11 Å². The number of hydrogen-bond donors (Lipinski definition) is 1. The monoisotopic (exact) mass is 311 g/mol. The van der Waals surface area contributed by atoms with Gasteiger partial charge >= 0.3 is 0 Å². The van der Waals surface area contributed by atoms with Crippen molar-refractivity contribution in [1.82, 2.24) is 4.90 Å². The van der Waals surface area contributed by atoms with Gasteiger partial charge in [0.1, 0.15) is 5.60 Å². The van der Waals surface area contributed by atoms with Crippen LogP contribution in [-0.4, -0.2) is 30.1 Å². The molecule has 3 heteroatoms. The van der Waals surface area contributed by atoms with E-state index in [0.29, 0.717) is 0 Å². The van der Waals surface area contributed by atoms with E-state index < -0.39 is 5.60 Å². The van der Waals surface area contributed by atoms with Gasteiger partial charge in [0.2, 0.25) is 0 Å². The molecule has 1 N–H and O–H groups in total. The zero-order valence-corrected chi connectivity index (χ0v) is 13.6. The lowest BCUT2D eigenvalue weighted by atomic mass is 9.72. The summed E-state index contributed by atoms with van der Waals surface area (Å²) >= 11 is 1.78. The number of rotatable bonds is 1. The highest BCUT2D eigenvalue weighted by Crippen LogP contribution is 2.52. The first kappa shape index (κ1) is 14.3. The number of nitrogens with zero attached hydrogens (tertiary/aromatic N) is 1. The summed E-state index contributed by atoms with van der Waals surface area (Å²) < 4.78 is 0. The molecular formula is C19H21NOS. The lowest BCUT2D eigenvalue weighted by Gasteiger charge is -2.44. The number of fused-ring (bicyclic) bond motifs is 2. The number of aliphatic hydroxyl groups is 1. The van der Waals surface area contributed by atoms with Gasteiger partial charge in [0.15, 0.2) is 0 Å². The Morgan fingerprint density at radius 3 is 2.00 bits per heavy atom. The lowest BCUT2D eigenvalue weighted by Crippen LogP contribution is -2.44. The van der Waals surface area contributed by atoms with Crippen LogP contribution in [0.15, 0.2) is 58.3 Å². The summed E-state index contributed by atoms with van der Waals surface area (Å²) in [5, 5.41) is 11.9. The first-order chi connectivity index (χ1) is 10.7. The van der Waals surface area contributed by atoms with Crippen LogP contribution in [0.2, 0.25) is 0 Å². The van der Waals surface area contributed by atoms with Gasteiger partial charge in [0.25, 0.3) is 0 Å². The summed E-state index contributed by atoms with van der Waals surface area (Å²) in [5.41, 5.74) is 1.33. The largest absolute Gasteiger partial charge is 0.380 e. The molecule has 0 unspecified atom stereocenters. The SMILES string of the molecule is CN1CCC(C2(O)c3ccccc3Sc3ccccc32)CC1. The van der Waals surface area contributed by atoms with Gasteiger partial charge in [-0.1, -0.05) is 48.2 Å². The van der Waals surface area contributed by atoms with Crippen molar-refractivity contribution in [3.63, 3.8) is 0 Å². The van der Waals surface area contributed by atoms with Crippen LogP contribution < -0.4 is 0 Å². The Morgan fingerprint density at radius 2 is 1.45 bits per heavy atom. The molecule has 114 valence electrons. The molecule has 2 nitrogen and oxygen atoms in total. The van der Waals surface area contributed by atoms with Crippen LogP contribution in [0.1, 0.15) is 24.0 Å². The van der Waals surface area contributed by atoms with Crippen molar-refractivity contribution in [3.8, 4) is 0 Å². The quantitative estimate of drug-likeness (QED) is 0.868. The van der Waals surface area contributed by atoms with Crippen molar-refractivity contribution >= 4 is 11.8 Å². The van der Waals surface area contributed by atoms with Gasteiger partial charge in [0.05, 0.1) is 0 Å². The zero-order chi connectivity index (χ0) is 15.2. The van der Waals surface area contributed by atoms with E-state index in [-0.39, 0.29) is 5.92 Å². The number of likely N-dealkylation sites (tertiary alicyclic amines) is 1. The molecule has 0 aliphatic carbocycles. The Bertz CT molecular complexity index is 646. The Labute approximate surface area is 136 Å². The third-order valence-corrected chi connectivity index (χ3v) is 6.28. The van der Waals surface area contributed by atoms with Crippen LogP contribution in [0.4, 0.5) is 0 Å². The second-order valence-electron chi connectivity index (χ2n) is 6.44. The summed E-state index contributed by atoms with van der Waals surface area (Å²) in [6.07, 6.45) is 2.08. The molecule has 0 radical (unpaired) electrons.